The second kappa shape index (κ2) is 5.32. The predicted molar refractivity (Wildman–Crippen MR) is 83.3 cm³/mol. The van der Waals surface area contributed by atoms with Crippen LogP contribution in [-0.2, 0) is 0 Å². The number of benzene rings is 1. The van der Waals surface area contributed by atoms with Crippen LogP contribution >= 0.6 is 0 Å². The normalized spacial score (nSPS) is 20.1. The minimum Gasteiger partial charge on any atom is -0.261 e. The van der Waals surface area contributed by atoms with Gasteiger partial charge in [-0.05, 0) is 28.4 Å². The molecule has 0 radical (unpaired) electrons. The van der Waals surface area contributed by atoms with Crippen LogP contribution in [-0.4, -0.2) is 26.2 Å². The number of nitrogens with zero attached hydrogens (tertiary/aromatic N) is 5. The Morgan fingerprint density at radius 2 is 2.22 bits per heavy atom. The van der Waals surface area contributed by atoms with E-state index in [1.54, 1.807) is 6.20 Å². The van der Waals surface area contributed by atoms with Gasteiger partial charge in [0.15, 0.2) is 5.82 Å². The predicted octanol–water partition coefficient (Wildman–Crippen LogP) is 3.10. The van der Waals surface area contributed by atoms with Crippen LogP contribution in [0, 0.1) is 17.2 Å². The van der Waals surface area contributed by atoms with Gasteiger partial charge in [0.2, 0.25) is 0 Å². The fraction of sp³-hybridized carbons (Fsp3) is 0.312. The Hall–Kier alpha value is -3.01. The molecule has 1 unspecified atom stereocenters. The van der Waals surface area contributed by atoms with E-state index in [2.05, 4.69) is 38.5 Å². The number of nitriles is 1. The van der Waals surface area contributed by atoms with E-state index in [0.717, 1.165) is 35.5 Å². The number of aliphatic imine (C=N–C) groups is 1. The first-order valence-corrected chi connectivity index (χ1v) is 7.55. The van der Waals surface area contributed by atoms with E-state index >= 15 is 0 Å². The molecule has 1 aliphatic heterocycles. The van der Waals surface area contributed by atoms with Crippen LogP contribution in [0.3, 0.4) is 0 Å². The molecule has 1 N–H and O–H groups in total. The Balaban J connectivity index is 1.94. The average molecular weight is 306 g/mol. The highest BCUT2D eigenvalue weighted by Gasteiger charge is 2.36. The second-order valence-corrected chi connectivity index (χ2v) is 5.59. The molecule has 0 spiro atoms. The smallest absolute Gasteiger partial charge is 0.151 e. The summed E-state index contributed by atoms with van der Waals surface area (Å²) < 4.78 is 4.87. The zero-order valence-corrected chi connectivity index (χ0v) is 12.5. The molecule has 0 bridgehead atoms. The number of nitrogens with one attached hydrogen (secondary N) is 1. The van der Waals surface area contributed by atoms with Crippen molar-refractivity contribution in [2.45, 2.75) is 25.7 Å². The monoisotopic (exact) mass is 306 g/mol. The van der Waals surface area contributed by atoms with E-state index in [1.807, 2.05) is 18.2 Å². The summed E-state index contributed by atoms with van der Waals surface area (Å²) in [5.41, 5.74) is 4.07. The van der Waals surface area contributed by atoms with Gasteiger partial charge < -0.3 is 0 Å². The van der Waals surface area contributed by atoms with Crippen molar-refractivity contribution < 1.29 is 4.63 Å². The molecule has 7 heteroatoms. The molecule has 0 saturated heterocycles. The molecule has 4 rings (SSSR count). The van der Waals surface area contributed by atoms with E-state index in [4.69, 9.17) is 4.63 Å². The first-order valence-electron chi connectivity index (χ1n) is 7.55. The molecule has 23 heavy (non-hydrogen) atoms. The van der Waals surface area contributed by atoms with E-state index in [-0.39, 0.29) is 11.8 Å². The summed E-state index contributed by atoms with van der Waals surface area (Å²) in [6.07, 6.45) is 3.45. The first-order chi connectivity index (χ1) is 11.3. The van der Waals surface area contributed by atoms with Crippen molar-refractivity contribution in [3.63, 3.8) is 0 Å². The van der Waals surface area contributed by atoms with E-state index in [0.29, 0.717) is 11.0 Å². The van der Waals surface area contributed by atoms with E-state index in [1.165, 1.54) is 0 Å². The van der Waals surface area contributed by atoms with Gasteiger partial charge >= 0.3 is 0 Å². The van der Waals surface area contributed by atoms with Crippen molar-refractivity contribution in [2.24, 2.45) is 10.9 Å². The lowest BCUT2D eigenvalue weighted by molar-refractivity contribution is 0.315. The number of hydrogen-bond donors (Lipinski definition) is 1. The molecule has 3 aromatic rings. The highest BCUT2D eigenvalue weighted by atomic mass is 16.6. The van der Waals surface area contributed by atoms with Gasteiger partial charge in [0.1, 0.15) is 11.0 Å². The molecule has 1 aromatic carbocycles. The van der Waals surface area contributed by atoms with Crippen LogP contribution in [0.2, 0.25) is 0 Å². The Labute approximate surface area is 132 Å². The standard InChI is InChI=1S/C16H14N6O/c1-2-4-12-10(7-17)14(11-8-18-20-16(11)19-12)9-5-3-6-13-15(9)22-23-21-13/h3,5-6,8,10,14H,2,4H2,1H3,(H,18,20)/t10?,14-/m1/s1. The Kier molecular flexibility index (Phi) is 3.15. The fourth-order valence-electron chi connectivity index (χ4n) is 3.23. The Bertz CT molecular complexity index is 931. The lowest BCUT2D eigenvalue weighted by Gasteiger charge is -2.27. The molecule has 3 heterocycles. The SMILES string of the molecule is CCCC1=Nc2[nH]ncc2[C@H](c2cccc3nonc23)C1C#N. The van der Waals surface area contributed by atoms with Gasteiger partial charge in [-0.25, -0.2) is 9.62 Å². The molecular weight excluding hydrogens is 292 g/mol. The third kappa shape index (κ3) is 2.03. The number of fused-ring (bicyclic) bond motifs is 2. The number of rotatable bonds is 3. The van der Waals surface area contributed by atoms with Crippen molar-refractivity contribution in [1.29, 1.82) is 5.26 Å². The molecule has 2 atom stereocenters. The minimum atomic E-state index is -0.345. The summed E-state index contributed by atoms with van der Waals surface area (Å²) in [4.78, 5) is 4.61. The molecule has 0 fully saturated rings. The first kappa shape index (κ1) is 13.6. The average Bonchev–Trinajstić information content (AvgIpc) is 3.22. The molecule has 7 nitrogen and oxygen atoms in total. The summed E-state index contributed by atoms with van der Waals surface area (Å²) >= 11 is 0. The van der Waals surface area contributed by atoms with Crippen molar-refractivity contribution in [2.75, 3.05) is 0 Å². The van der Waals surface area contributed by atoms with Gasteiger partial charge in [-0.1, -0.05) is 25.5 Å². The van der Waals surface area contributed by atoms with Crippen LogP contribution < -0.4 is 0 Å². The lowest BCUT2D eigenvalue weighted by atomic mass is 9.76. The van der Waals surface area contributed by atoms with Gasteiger partial charge in [-0.2, -0.15) is 10.4 Å². The van der Waals surface area contributed by atoms with Gasteiger partial charge in [-0.15, -0.1) is 0 Å². The topological polar surface area (TPSA) is 104 Å². The maximum Gasteiger partial charge on any atom is 0.151 e. The Morgan fingerprint density at radius 3 is 3.04 bits per heavy atom. The van der Waals surface area contributed by atoms with Crippen LogP contribution in [0.5, 0.6) is 0 Å². The number of aromatic amines is 1. The highest BCUT2D eigenvalue weighted by Crippen LogP contribution is 2.43. The van der Waals surface area contributed by atoms with Crippen LogP contribution in [0.1, 0.15) is 36.8 Å². The highest BCUT2D eigenvalue weighted by molar-refractivity contribution is 5.95. The molecule has 0 amide bonds. The summed E-state index contributed by atoms with van der Waals surface area (Å²) in [6, 6.07) is 8.14. The molecular formula is C16H14N6O. The third-order valence-electron chi connectivity index (χ3n) is 4.23. The summed E-state index contributed by atoms with van der Waals surface area (Å²) in [6.45, 7) is 2.08. The van der Waals surface area contributed by atoms with E-state index < -0.39 is 0 Å². The van der Waals surface area contributed by atoms with E-state index in [9.17, 15) is 5.26 Å². The van der Waals surface area contributed by atoms with Crippen LogP contribution in [0.25, 0.3) is 11.0 Å². The largest absolute Gasteiger partial charge is 0.261 e. The molecule has 0 aliphatic carbocycles. The van der Waals surface area contributed by atoms with Crippen LogP contribution in [0.15, 0.2) is 34.0 Å². The maximum atomic E-state index is 9.78. The third-order valence-corrected chi connectivity index (χ3v) is 4.23. The number of H-pyrrole nitrogens is 1. The summed E-state index contributed by atoms with van der Waals surface area (Å²) in [5, 5.41) is 24.7. The summed E-state index contributed by atoms with van der Waals surface area (Å²) in [7, 11) is 0. The molecule has 0 saturated carbocycles. The zero-order chi connectivity index (χ0) is 15.8. The van der Waals surface area contributed by atoms with Gasteiger partial charge in [-0.3, -0.25) is 5.10 Å². The molecule has 2 aromatic heterocycles. The fourth-order valence-corrected chi connectivity index (χ4v) is 3.23. The molecule has 114 valence electrons. The second-order valence-electron chi connectivity index (χ2n) is 5.59. The quantitative estimate of drug-likeness (QED) is 0.800. The maximum absolute atomic E-state index is 9.78. The van der Waals surface area contributed by atoms with Crippen LogP contribution in [0.4, 0.5) is 5.82 Å². The lowest BCUT2D eigenvalue weighted by Crippen LogP contribution is -2.25. The van der Waals surface area contributed by atoms with Crippen molar-refractivity contribution >= 4 is 22.6 Å². The minimum absolute atomic E-state index is 0.177. The van der Waals surface area contributed by atoms with Gasteiger partial charge in [0.05, 0.1) is 18.2 Å². The van der Waals surface area contributed by atoms with Gasteiger partial charge in [0.25, 0.3) is 0 Å². The van der Waals surface area contributed by atoms with Crippen molar-refractivity contribution in [3.8, 4) is 6.07 Å². The van der Waals surface area contributed by atoms with Gasteiger partial charge in [0, 0.05) is 17.2 Å². The summed E-state index contributed by atoms with van der Waals surface area (Å²) in [5.74, 6) is 0.198. The van der Waals surface area contributed by atoms with Crippen molar-refractivity contribution in [1.82, 2.24) is 20.5 Å². The zero-order valence-electron chi connectivity index (χ0n) is 12.5. The number of aromatic nitrogens is 4. The van der Waals surface area contributed by atoms with Crippen molar-refractivity contribution in [3.05, 3.63) is 35.5 Å². The number of hydrogen-bond acceptors (Lipinski definition) is 6. The Morgan fingerprint density at radius 1 is 1.30 bits per heavy atom. The molecule has 1 aliphatic rings.